The molecule has 0 bridgehead atoms. The lowest BCUT2D eigenvalue weighted by molar-refractivity contribution is -0.123. The number of carbonyl (C=O) groups excluding carboxylic acids is 1. The molecule has 2 rings (SSSR count). The summed E-state index contributed by atoms with van der Waals surface area (Å²) in [6, 6.07) is -0.159. The van der Waals surface area contributed by atoms with Gasteiger partial charge in [-0.1, -0.05) is 25.0 Å². The van der Waals surface area contributed by atoms with Crippen molar-refractivity contribution in [1.82, 2.24) is 21.1 Å². The molecule has 5 N–H and O–H groups in total. The van der Waals surface area contributed by atoms with Gasteiger partial charge in [-0.25, -0.2) is 0 Å². The Hall–Kier alpha value is -1.44. The zero-order chi connectivity index (χ0) is 19.8. The van der Waals surface area contributed by atoms with Crippen molar-refractivity contribution in [3.8, 4) is 0 Å². The van der Waals surface area contributed by atoms with Crippen molar-refractivity contribution in [1.29, 1.82) is 0 Å². The zero-order valence-electron chi connectivity index (χ0n) is 17.3. The fourth-order valence-corrected chi connectivity index (χ4v) is 3.42. The maximum absolute atomic E-state index is 12.9. The fourth-order valence-electron chi connectivity index (χ4n) is 3.42. The van der Waals surface area contributed by atoms with E-state index in [4.69, 9.17) is 10.7 Å². The molecule has 0 aromatic heterocycles. The van der Waals surface area contributed by atoms with E-state index in [0.29, 0.717) is 18.3 Å². The van der Waals surface area contributed by atoms with Gasteiger partial charge in [-0.2, -0.15) is 0 Å². The van der Waals surface area contributed by atoms with E-state index < -0.39 is 6.04 Å². The van der Waals surface area contributed by atoms with Crippen molar-refractivity contribution >= 4 is 11.7 Å². The van der Waals surface area contributed by atoms with Crippen LogP contribution in [0.5, 0.6) is 0 Å². The normalized spacial score (nSPS) is 23.6. The Kier molecular flexibility index (Phi) is 8.73. The standard InChI is InChI=1S/C20H38N6O/c1-14(2)17(13-23-26(3)4)19(21)25-18(12-15-7-8-15)20(27)24-16-6-5-10-22-11-9-16/h15-18,22-23H,1,5-13H2,2-4H3,(H2,21,25)(H,24,27). The van der Waals surface area contributed by atoms with Gasteiger partial charge in [-0.3, -0.25) is 20.2 Å². The summed E-state index contributed by atoms with van der Waals surface area (Å²) >= 11 is 0. The minimum atomic E-state index is -0.394. The Labute approximate surface area is 164 Å². The second-order valence-electron chi connectivity index (χ2n) is 8.29. The maximum Gasteiger partial charge on any atom is 0.245 e. The minimum absolute atomic E-state index is 0.0257. The van der Waals surface area contributed by atoms with E-state index in [1.165, 1.54) is 12.8 Å². The molecule has 0 spiro atoms. The molecular formula is C20H38N6O. The fraction of sp³-hybridized carbons (Fsp3) is 0.800. The van der Waals surface area contributed by atoms with Gasteiger partial charge in [0.2, 0.25) is 5.91 Å². The van der Waals surface area contributed by atoms with Gasteiger partial charge < -0.3 is 16.4 Å². The van der Waals surface area contributed by atoms with Crippen LogP contribution < -0.4 is 21.8 Å². The molecule has 154 valence electrons. The molecule has 1 saturated carbocycles. The van der Waals surface area contributed by atoms with Crippen LogP contribution in [-0.4, -0.2) is 62.6 Å². The van der Waals surface area contributed by atoms with Crippen LogP contribution in [0.1, 0.15) is 45.4 Å². The van der Waals surface area contributed by atoms with E-state index in [2.05, 4.69) is 22.6 Å². The van der Waals surface area contributed by atoms with Gasteiger partial charge in [0.15, 0.2) is 0 Å². The molecule has 7 nitrogen and oxygen atoms in total. The van der Waals surface area contributed by atoms with Crippen LogP contribution in [0.2, 0.25) is 0 Å². The average molecular weight is 379 g/mol. The van der Waals surface area contributed by atoms with Gasteiger partial charge in [0.1, 0.15) is 11.9 Å². The third-order valence-corrected chi connectivity index (χ3v) is 5.35. The Morgan fingerprint density at radius 1 is 1.30 bits per heavy atom. The van der Waals surface area contributed by atoms with E-state index in [1.807, 2.05) is 26.0 Å². The summed E-state index contributed by atoms with van der Waals surface area (Å²) < 4.78 is 0. The number of amides is 1. The molecule has 1 aliphatic carbocycles. The number of nitrogens with one attached hydrogen (secondary N) is 3. The Morgan fingerprint density at radius 3 is 2.67 bits per heavy atom. The SMILES string of the molecule is C=C(C)C(CNN(C)C)C(N)=NC(CC1CC1)C(=O)NC1CCCNCC1. The van der Waals surface area contributed by atoms with Crippen molar-refractivity contribution in [2.75, 3.05) is 33.7 Å². The Morgan fingerprint density at radius 2 is 2.04 bits per heavy atom. The van der Waals surface area contributed by atoms with Crippen LogP contribution >= 0.6 is 0 Å². The van der Waals surface area contributed by atoms with Crippen molar-refractivity contribution < 1.29 is 4.79 Å². The van der Waals surface area contributed by atoms with Gasteiger partial charge in [-0.15, -0.1) is 0 Å². The van der Waals surface area contributed by atoms with Crippen LogP contribution in [0, 0.1) is 11.8 Å². The molecule has 7 heteroatoms. The van der Waals surface area contributed by atoms with Crippen molar-refractivity contribution in [2.24, 2.45) is 22.6 Å². The number of amidine groups is 1. The summed E-state index contributed by atoms with van der Waals surface area (Å²) in [7, 11) is 3.88. The molecular weight excluding hydrogens is 340 g/mol. The van der Waals surface area contributed by atoms with E-state index in [0.717, 1.165) is 44.3 Å². The molecule has 0 aromatic rings. The Bertz CT molecular complexity index is 521. The van der Waals surface area contributed by atoms with E-state index in [-0.39, 0.29) is 17.9 Å². The topological polar surface area (TPSA) is 94.8 Å². The van der Waals surface area contributed by atoms with Crippen LogP contribution in [0.4, 0.5) is 0 Å². The van der Waals surface area contributed by atoms with E-state index in [1.54, 1.807) is 0 Å². The molecule has 1 saturated heterocycles. The molecule has 0 aromatic carbocycles. The summed E-state index contributed by atoms with van der Waals surface area (Å²) in [5.41, 5.74) is 10.5. The molecule has 3 atom stereocenters. The van der Waals surface area contributed by atoms with Gasteiger partial charge in [-0.05, 0) is 51.6 Å². The van der Waals surface area contributed by atoms with Crippen LogP contribution in [-0.2, 0) is 4.79 Å². The first-order chi connectivity index (χ1) is 12.9. The highest BCUT2D eigenvalue weighted by Crippen LogP contribution is 2.34. The zero-order valence-corrected chi connectivity index (χ0v) is 17.3. The third-order valence-electron chi connectivity index (χ3n) is 5.35. The molecule has 27 heavy (non-hydrogen) atoms. The van der Waals surface area contributed by atoms with E-state index >= 15 is 0 Å². The maximum atomic E-state index is 12.9. The van der Waals surface area contributed by atoms with Crippen molar-refractivity contribution in [3.05, 3.63) is 12.2 Å². The monoisotopic (exact) mass is 378 g/mol. The number of hydrazine groups is 1. The first kappa shape index (κ1) is 21.9. The highest BCUT2D eigenvalue weighted by molar-refractivity contribution is 5.90. The lowest BCUT2D eigenvalue weighted by Gasteiger charge is -2.23. The second kappa shape index (κ2) is 10.8. The second-order valence-corrected chi connectivity index (χ2v) is 8.29. The Balaban J connectivity index is 2.04. The quantitative estimate of drug-likeness (QED) is 0.197. The summed E-state index contributed by atoms with van der Waals surface area (Å²) in [6.45, 7) is 8.63. The van der Waals surface area contributed by atoms with Gasteiger partial charge in [0.05, 0.1) is 5.92 Å². The number of carbonyl (C=O) groups is 1. The number of nitrogens with zero attached hydrogens (tertiary/aromatic N) is 2. The van der Waals surface area contributed by atoms with E-state index in [9.17, 15) is 4.79 Å². The van der Waals surface area contributed by atoms with Gasteiger partial charge in [0.25, 0.3) is 0 Å². The van der Waals surface area contributed by atoms with Crippen LogP contribution in [0.3, 0.4) is 0 Å². The largest absolute Gasteiger partial charge is 0.387 e. The lowest BCUT2D eigenvalue weighted by Crippen LogP contribution is -2.44. The molecule has 1 heterocycles. The molecule has 2 aliphatic rings. The summed E-state index contributed by atoms with van der Waals surface area (Å²) in [5.74, 6) is 1.05. The predicted molar refractivity (Wildman–Crippen MR) is 111 cm³/mol. The van der Waals surface area contributed by atoms with Gasteiger partial charge in [0, 0.05) is 26.7 Å². The van der Waals surface area contributed by atoms with Gasteiger partial charge >= 0.3 is 0 Å². The number of aliphatic imine (C=N–C) groups is 1. The first-order valence-corrected chi connectivity index (χ1v) is 10.3. The average Bonchev–Trinajstić information content (AvgIpc) is 3.41. The summed E-state index contributed by atoms with van der Waals surface area (Å²) in [6.07, 6.45) is 6.27. The predicted octanol–water partition coefficient (Wildman–Crippen LogP) is 1.03. The van der Waals surface area contributed by atoms with Crippen molar-refractivity contribution in [2.45, 2.75) is 57.5 Å². The first-order valence-electron chi connectivity index (χ1n) is 10.3. The highest BCUT2D eigenvalue weighted by atomic mass is 16.2. The van der Waals surface area contributed by atoms with Crippen molar-refractivity contribution in [3.63, 3.8) is 0 Å². The molecule has 2 fully saturated rings. The highest BCUT2D eigenvalue weighted by Gasteiger charge is 2.31. The summed E-state index contributed by atoms with van der Waals surface area (Å²) in [5, 5.41) is 8.50. The molecule has 1 aliphatic heterocycles. The molecule has 3 unspecified atom stereocenters. The number of nitrogens with two attached hydrogens (primary N) is 1. The smallest absolute Gasteiger partial charge is 0.245 e. The molecule has 1 amide bonds. The van der Waals surface area contributed by atoms with Crippen LogP contribution in [0.15, 0.2) is 17.1 Å². The number of rotatable bonds is 10. The number of hydrogen-bond donors (Lipinski definition) is 4. The summed E-state index contributed by atoms with van der Waals surface area (Å²) in [4.78, 5) is 17.6. The lowest BCUT2D eigenvalue weighted by atomic mass is 10.00. The minimum Gasteiger partial charge on any atom is -0.387 e. The van der Waals surface area contributed by atoms with Crippen LogP contribution in [0.25, 0.3) is 0 Å². The number of hydrogen-bond acceptors (Lipinski definition) is 5. The third kappa shape index (κ3) is 7.99. The molecule has 0 radical (unpaired) electrons.